The zero-order valence-corrected chi connectivity index (χ0v) is 13.9. The van der Waals surface area contributed by atoms with Crippen molar-refractivity contribution in [3.05, 3.63) is 35.9 Å². The topological polar surface area (TPSA) is 6.48 Å². The highest BCUT2D eigenvalue weighted by molar-refractivity contribution is 7.80. The summed E-state index contributed by atoms with van der Waals surface area (Å²) in [4.78, 5) is 5.11. The summed E-state index contributed by atoms with van der Waals surface area (Å²) < 4.78 is 0. The molecule has 0 aromatic heterocycles. The molecule has 1 aliphatic heterocycles. The van der Waals surface area contributed by atoms with Crippen molar-refractivity contribution in [2.45, 2.75) is 19.9 Å². The lowest BCUT2D eigenvalue weighted by atomic mass is 9.94. The van der Waals surface area contributed by atoms with Crippen LogP contribution in [0.2, 0.25) is 0 Å². The molecule has 1 saturated heterocycles. The summed E-state index contributed by atoms with van der Waals surface area (Å²) in [6, 6.07) is 11.5. The number of piperazine rings is 1. The van der Waals surface area contributed by atoms with Crippen LogP contribution in [-0.4, -0.2) is 48.8 Å². The molecule has 1 aliphatic rings. The Hall–Kier alpha value is -0.510. The highest BCUT2D eigenvalue weighted by Crippen LogP contribution is 2.27. The number of benzene rings is 1. The fraction of sp³-hybridized carbons (Fsp3) is 0.647. The van der Waals surface area contributed by atoms with Gasteiger partial charge in [0.1, 0.15) is 0 Å². The second-order valence-corrected chi connectivity index (χ2v) is 6.74. The van der Waals surface area contributed by atoms with Crippen LogP contribution in [0.25, 0.3) is 0 Å². The van der Waals surface area contributed by atoms with Crippen molar-refractivity contribution >= 4 is 12.6 Å². The van der Waals surface area contributed by atoms with E-state index in [0.717, 1.165) is 25.4 Å². The number of likely N-dealkylation sites (N-methyl/N-ethyl adjacent to an activating group) is 1. The Bertz CT molecular complexity index is 393. The molecule has 1 fully saturated rings. The predicted octanol–water partition coefficient (Wildman–Crippen LogP) is 3.18. The Kier molecular flexibility index (Phi) is 5.94. The highest BCUT2D eigenvalue weighted by atomic mass is 32.1. The average molecular weight is 292 g/mol. The standard InChI is InChI=1S/C17H28N2S/c1-14(2)16(13-20)11-19-10-9-18(3)12-17(19)15-7-5-4-6-8-15/h4-8,14,16-17,20H,9-13H2,1-3H3. The summed E-state index contributed by atoms with van der Waals surface area (Å²) in [7, 11) is 2.23. The molecule has 0 spiro atoms. The summed E-state index contributed by atoms with van der Waals surface area (Å²) in [5.41, 5.74) is 1.45. The Morgan fingerprint density at radius 3 is 2.50 bits per heavy atom. The summed E-state index contributed by atoms with van der Waals surface area (Å²) in [5, 5.41) is 0. The van der Waals surface area contributed by atoms with Crippen molar-refractivity contribution in [3.63, 3.8) is 0 Å². The lowest BCUT2D eigenvalue weighted by Gasteiger charge is -2.42. The first kappa shape index (κ1) is 15.9. The maximum absolute atomic E-state index is 4.55. The fourth-order valence-corrected chi connectivity index (χ4v) is 3.48. The Morgan fingerprint density at radius 2 is 1.90 bits per heavy atom. The molecule has 20 heavy (non-hydrogen) atoms. The fourth-order valence-electron chi connectivity index (χ4n) is 2.95. The number of thiol groups is 1. The second-order valence-electron chi connectivity index (χ2n) is 6.37. The van der Waals surface area contributed by atoms with Crippen LogP contribution < -0.4 is 0 Å². The van der Waals surface area contributed by atoms with E-state index in [1.54, 1.807) is 0 Å². The van der Waals surface area contributed by atoms with Crippen LogP contribution in [0.3, 0.4) is 0 Å². The van der Waals surface area contributed by atoms with Gasteiger partial charge in [0, 0.05) is 32.2 Å². The van der Waals surface area contributed by atoms with Gasteiger partial charge in [0.2, 0.25) is 0 Å². The molecule has 0 aliphatic carbocycles. The van der Waals surface area contributed by atoms with Gasteiger partial charge < -0.3 is 4.90 Å². The molecular formula is C17H28N2S. The number of hydrogen-bond acceptors (Lipinski definition) is 3. The van der Waals surface area contributed by atoms with E-state index in [1.165, 1.54) is 12.1 Å². The number of hydrogen-bond donors (Lipinski definition) is 1. The third-order valence-electron chi connectivity index (χ3n) is 4.52. The third-order valence-corrected chi connectivity index (χ3v) is 4.99. The minimum atomic E-state index is 0.524. The zero-order chi connectivity index (χ0) is 14.5. The molecule has 2 nitrogen and oxygen atoms in total. The summed E-state index contributed by atoms with van der Waals surface area (Å²) in [6.07, 6.45) is 0. The van der Waals surface area contributed by atoms with E-state index < -0.39 is 0 Å². The highest BCUT2D eigenvalue weighted by Gasteiger charge is 2.28. The second kappa shape index (κ2) is 7.48. The van der Waals surface area contributed by atoms with Crippen molar-refractivity contribution in [3.8, 4) is 0 Å². The molecule has 1 heterocycles. The predicted molar refractivity (Wildman–Crippen MR) is 90.4 cm³/mol. The molecule has 112 valence electrons. The van der Waals surface area contributed by atoms with Crippen LogP contribution >= 0.6 is 12.6 Å². The molecule has 1 aromatic carbocycles. The molecule has 0 saturated carbocycles. The van der Waals surface area contributed by atoms with Gasteiger partial charge in [-0.05, 0) is 30.2 Å². The van der Waals surface area contributed by atoms with Gasteiger partial charge in [0.25, 0.3) is 0 Å². The minimum Gasteiger partial charge on any atom is -0.303 e. The molecule has 2 unspecified atom stereocenters. The maximum atomic E-state index is 4.55. The number of rotatable bonds is 5. The Morgan fingerprint density at radius 1 is 1.20 bits per heavy atom. The van der Waals surface area contributed by atoms with E-state index >= 15 is 0 Å². The van der Waals surface area contributed by atoms with E-state index in [0.29, 0.717) is 17.9 Å². The summed E-state index contributed by atoms with van der Waals surface area (Å²) >= 11 is 4.55. The van der Waals surface area contributed by atoms with Crippen LogP contribution in [0.15, 0.2) is 30.3 Å². The Balaban J connectivity index is 2.12. The smallest absolute Gasteiger partial charge is 0.0475 e. The zero-order valence-electron chi connectivity index (χ0n) is 13.0. The Labute approximate surface area is 129 Å². The van der Waals surface area contributed by atoms with Crippen LogP contribution in [-0.2, 0) is 0 Å². The first-order chi connectivity index (χ1) is 9.61. The van der Waals surface area contributed by atoms with E-state index in [4.69, 9.17) is 0 Å². The van der Waals surface area contributed by atoms with Gasteiger partial charge in [0.05, 0.1) is 0 Å². The van der Waals surface area contributed by atoms with Gasteiger partial charge in [-0.3, -0.25) is 4.90 Å². The largest absolute Gasteiger partial charge is 0.303 e. The van der Waals surface area contributed by atoms with E-state index in [2.05, 4.69) is 73.7 Å². The average Bonchev–Trinajstić information content (AvgIpc) is 2.46. The van der Waals surface area contributed by atoms with Crippen molar-refractivity contribution < 1.29 is 0 Å². The first-order valence-corrected chi connectivity index (χ1v) is 8.33. The lowest BCUT2D eigenvalue weighted by molar-refractivity contribution is 0.0713. The van der Waals surface area contributed by atoms with Gasteiger partial charge >= 0.3 is 0 Å². The van der Waals surface area contributed by atoms with Crippen LogP contribution in [0.5, 0.6) is 0 Å². The first-order valence-electron chi connectivity index (χ1n) is 7.70. The van der Waals surface area contributed by atoms with Crippen molar-refractivity contribution in [2.75, 3.05) is 39.0 Å². The molecule has 0 radical (unpaired) electrons. The van der Waals surface area contributed by atoms with Gasteiger partial charge in [-0.15, -0.1) is 0 Å². The van der Waals surface area contributed by atoms with Crippen LogP contribution in [0.1, 0.15) is 25.5 Å². The van der Waals surface area contributed by atoms with E-state index in [-0.39, 0.29) is 0 Å². The van der Waals surface area contributed by atoms with Gasteiger partial charge in [-0.1, -0.05) is 44.2 Å². The minimum absolute atomic E-state index is 0.524. The van der Waals surface area contributed by atoms with Gasteiger partial charge in [-0.2, -0.15) is 12.6 Å². The normalized spacial score (nSPS) is 23.1. The maximum Gasteiger partial charge on any atom is 0.0475 e. The molecule has 1 aromatic rings. The quantitative estimate of drug-likeness (QED) is 0.833. The summed E-state index contributed by atoms with van der Waals surface area (Å²) in [5.74, 6) is 2.35. The molecule has 2 rings (SSSR count). The van der Waals surface area contributed by atoms with E-state index in [1.807, 2.05) is 0 Å². The molecule has 3 heteroatoms. The van der Waals surface area contributed by atoms with Crippen LogP contribution in [0.4, 0.5) is 0 Å². The molecular weight excluding hydrogens is 264 g/mol. The monoisotopic (exact) mass is 292 g/mol. The van der Waals surface area contributed by atoms with Crippen molar-refractivity contribution in [2.24, 2.45) is 11.8 Å². The number of nitrogens with zero attached hydrogens (tertiary/aromatic N) is 2. The van der Waals surface area contributed by atoms with Gasteiger partial charge in [0.15, 0.2) is 0 Å². The molecule has 2 atom stereocenters. The van der Waals surface area contributed by atoms with Crippen molar-refractivity contribution in [1.29, 1.82) is 0 Å². The SMILES string of the molecule is CC(C)C(CS)CN1CCN(C)CC1c1ccccc1. The molecule has 0 N–H and O–H groups in total. The lowest BCUT2D eigenvalue weighted by Crippen LogP contribution is -2.48. The third kappa shape index (κ3) is 4.00. The van der Waals surface area contributed by atoms with Crippen LogP contribution in [0, 0.1) is 11.8 Å². The van der Waals surface area contributed by atoms with E-state index in [9.17, 15) is 0 Å². The summed E-state index contributed by atoms with van der Waals surface area (Å²) in [6.45, 7) is 9.24. The molecule has 0 amide bonds. The van der Waals surface area contributed by atoms with Crippen molar-refractivity contribution in [1.82, 2.24) is 9.80 Å². The molecule has 0 bridgehead atoms. The van der Waals surface area contributed by atoms with Gasteiger partial charge in [-0.25, -0.2) is 0 Å².